The number of nitrogens with zero attached hydrogens (tertiary/aromatic N) is 1. The lowest BCUT2D eigenvalue weighted by molar-refractivity contribution is 0.0471. The quantitative estimate of drug-likeness (QED) is 0.581. The molecule has 122 valence electrons. The Bertz CT molecular complexity index is 234. The Morgan fingerprint density at radius 3 is 2.20 bits per heavy atom. The van der Waals surface area contributed by atoms with Crippen LogP contribution in [0.2, 0.25) is 0 Å². The van der Waals surface area contributed by atoms with Crippen molar-refractivity contribution in [3.05, 3.63) is 0 Å². The van der Waals surface area contributed by atoms with Crippen LogP contribution in [0.1, 0.15) is 40.5 Å². The molecule has 0 bridgehead atoms. The summed E-state index contributed by atoms with van der Waals surface area (Å²) in [5, 5.41) is 12.5. The zero-order chi connectivity index (χ0) is 15.6. The molecule has 0 heterocycles. The summed E-state index contributed by atoms with van der Waals surface area (Å²) in [6, 6.07) is 0. The standard InChI is InChI=1S/C15H32F2N2O/c1-5-15(6-2,11-18-9-13(3)4)12-19(7-8-20)10-14(16)17/h13-14,18,20H,5-12H2,1-4H3. The van der Waals surface area contributed by atoms with E-state index in [-0.39, 0.29) is 18.6 Å². The first-order chi connectivity index (χ1) is 9.39. The Hall–Kier alpha value is -0.260. The van der Waals surface area contributed by atoms with Gasteiger partial charge in [0.25, 0.3) is 6.43 Å². The Morgan fingerprint density at radius 2 is 1.80 bits per heavy atom. The molecule has 0 fully saturated rings. The van der Waals surface area contributed by atoms with Gasteiger partial charge in [0.2, 0.25) is 0 Å². The van der Waals surface area contributed by atoms with Crippen LogP contribution in [0.5, 0.6) is 0 Å². The average Bonchev–Trinajstić information content (AvgIpc) is 2.36. The minimum atomic E-state index is -2.35. The molecule has 0 aliphatic heterocycles. The second kappa shape index (κ2) is 10.5. The number of hydrogen-bond donors (Lipinski definition) is 2. The van der Waals surface area contributed by atoms with Gasteiger partial charge in [-0.25, -0.2) is 8.78 Å². The predicted octanol–water partition coefficient (Wildman–Crippen LogP) is 2.60. The van der Waals surface area contributed by atoms with E-state index in [4.69, 9.17) is 5.11 Å². The van der Waals surface area contributed by atoms with Gasteiger partial charge in [-0.05, 0) is 30.7 Å². The summed E-state index contributed by atoms with van der Waals surface area (Å²) in [7, 11) is 0. The van der Waals surface area contributed by atoms with Crippen molar-refractivity contribution in [1.29, 1.82) is 0 Å². The fraction of sp³-hybridized carbons (Fsp3) is 1.00. The SMILES string of the molecule is CCC(CC)(CNCC(C)C)CN(CCO)CC(F)F. The third-order valence-electron chi connectivity index (χ3n) is 3.92. The van der Waals surface area contributed by atoms with Crippen molar-refractivity contribution in [2.45, 2.75) is 47.0 Å². The highest BCUT2D eigenvalue weighted by Gasteiger charge is 2.29. The molecule has 0 unspecified atom stereocenters. The molecule has 0 saturated heterocycles. The molecule has 0 aromatic heterocycles. The van der Waals surface area contributed by atoms with Gasteiger partial charge in [-0.3, -0.25) is 4.90 Å². The van der Waals surface area contributed by atoms with Crippen LogP contribution in [-0.2, 0) is 0 Å². The van der Waals surface area contributed by atoms with Crippen molar-refractivity contribution >= 4 is 0 Å². The van der Waals surface area contributed by atoms with Gasteiger partial charge in [0.05, 0.1) is 13.2 Å². The predicted molar refractivity (Wildman–Crippen MR) is 80.3 cm³/mol. The summed E-state index contributed by atoms with van der Waals surface area (Å²) in [6.45, 7) is 10.9. The number of rotatable bonds is 12. The Balaban J connectivity index is 4.58. The van der Waals surface area contributed by atoms with Crippen molar-refractivity contribution in [3.8, 4) is 0 Å². The van der Waals surface area contributed by atoms with Gasteiger partial charge in [0.1, 0.15) is 0 Å². The molecule has 0 aromatic rings. The largest absolute Gasteiger partial charge is 0.395 e. The van der Waals surface area contributed by atoms with E-state index in [2.05, 4.69) is 33.0 Å². The Labute approximate surface area is 122 Å². The zero-order valence-corrected chi connectivity index (χ0v) is 13.5. The third-order valence-corrected chi connectivity index (χ3v) is 3.92. The first-order valence-corrected chi connectivity index (χ1v) is 7.71. The van der Waals surface area contributed by atoms with E-state index in [1.54, 1.807) is 4.90 Å². The Morgan fingerprint density at radius 1 is 1.20 bits per heavy atom. The van der Waals surface area contributed by atoms with Gasteiger partial charge >= 0.3 is 0 Å². The van der Waals surface area contributed by atoms with Crippen molar-refractivity contribution in [2.24, 2.45) is 11.3 Å². The second-order valence-electron chi connectivity index (χ2n) is 6.08. The number of aliphatic hydroxyl groups is 1. The number of aliphatic hydroxyl groups excluding tert-OH is 1. The van der Waals surface area contributed by atoms with E-state index in [0.717, 1.165) is 25.9 Å². The second-order valence-corrected chi connectivity index (χ2v) is 6.08. The van der Waals surface area contributed by atoms with Crippen molar-refractivity contribution in [3.63, 3.8) is 0 Å². The molecule has 0 saturated carbocycles. The van der Waals surface area contributed by atoms with Crippen LogP contribution < -0.4 is 5.32 Å². The number of alkyl halides is 2. The van der Waals surface area contributed by atoms with E-state index in [0.29, 0.717) is 19.0 Å². The number of hydrogen-bond acceptors (Lipinski definition) is 3. The van der Waals surface area contributed by atoms with Crippen LogP contribution >= 0.6 is 0 Å². The lowest BCUT2D eigenvalue weighted by Gasteiger charge is -2.37. The molecule has 0 amide bonds. The maximum Gasteiger partial charge on any atom is 0.251 e. The molecule has 2 N–H and O–H groups in total. The van der Waals surface area contributed by atoms with Crippen LogP contribution in [0.4, 0.5) is 8.78 Å². The van der Waals surface area contributed by atoms with Crippen molar-refractivity contribution < 1.29 is 13.9 Å². The normalized spacial score (nSPS) is 12.9. The fourth-order valence-electron chi connectivity index (χ4n) is 2.45. The molecule has 0 radical (unpaired) electrons. The van der Waals surface area contributed by atoms with Gasteiger partial charge < -0.3 is 10.4 Å². The fourth-order valence-corrected chi connectivity index (χ4v) is 2.45. The molecular formula is C15H32F2N2O. The number of halogens is 2. The maximum absolute atomic E-state index is 12.6. The lowest BCUT2D eigenvalue weighted by Crippen LogP contribution is -2.46. The van der Waals surface area contributed by atoms with Crippen LogP contribution in [-0.4, -0.2) is 55.8 Å². The van der Waals surface area contributed by atoms with E-state index in [1.165, 1.54) is 0 Å². The van der Waals surface area contributed by atoms with Gasteiger partial charge in [-0.2, -0.15) is 0 Å². The van der Waals surface area contributed by atoms with Crippen LogP contribution in [0.15, 0.2) is 0 Å². The highest BCUT2D eigenvalue weighted by molar-refractivity contribution is 4.83. The monoisotopic (exact) mass is 294 g/mol. The van der Waals surface area contributed by atoms with Crippen LogP contribution in [0, 0.1) is 11.3 Å². The van der Waals surface area contributed by atoms with E-state index < -0.39 is 6.43 Å². The molecule has 3 nitrogen and oxygen atoms in total. The summed E-state index contributed by atoms with van der Waals surface area (Å²) in [5.41, 5.74) is -0.00104. The Kier molecular flexibility index (Phi) is 10.3. The molecule has 0 spiro atoms. The average molecular weight is 294 g/mol. The minimum absolute atomic E-state index is 0.00104. The first-order valence-electron chi connectivity index (χ1n) is 7.71. The molecular weight excluding hydrogens is 262 g/mol. The van der Waals surface area contributed by atoms with Crippen LogP contribution in [0.3, 0.4) is 0 Å². The summed E-state index contributed by atoms with van der Waals surface area (Å²) < 4.78 is 25.2. The molecule has 5 heteroatoms. The van der Waals surface area contributed by atoms with Crippen molar-refractivity contribution in [1.82, 2.24) is 10.2 Å². The highest BCUT2D eigenvalue weighted by atomic mass is 19.3. The van der Waals surface area contributed by atoms with Gasteiger partial charge in [0, 0.05) is 19.6 Å². The maximum atomic E-state index is 12.6. The minimum Gasteiger partial charge on any atom is -0.395 e. The molecule has 0 aliphatic carbocycles. The number of nitrogens with one attached hydrogen (secondary N) is 1. The zero-order valence-electron chi connectivity index (χ0n) is 13.5. The van der Waals surface area contributed by atoms with Gasteiger partial charge in [-0.15, -0.1) is 0 Å². The highest BCUT2D eigenvalue weighted by Crippen LogP contribution is 2.27. The third kappa shape index (κ3) is 8.12. The van der Waals surface area contributed by atoms with Crippen molar-refractivity contribution in [2.75, 3.05) is 39.3 Å². The summed E-state index contributed by atoms with van der Waals surface area (Å²) >= 11 is 0. The van der Waals surface area contributed by atoms with Crippen LogP contribution in [0.25, 0.3) is 0 Å². The summed E-state index contributed by atoms with van der Waals surface area (Å²) in [6.07, 6.45) is -0.462. The molecule has 0 aliphatic rings. The first kappa shape index (κ1) is 19.7. The summed E-state index contributed by atoms with van der Waals surface area (Å²) in [4.78, 5) is 1.69. The molecule has 0 atom stereocenters. The van der Waals surface area contributed by atoms with Gasteiger partial charge in [0.15, 0.2) is 0 Å². The summed E-state index contributed by atoms with van der Waals surface area (Å²) in [5.74, 6) is 0.580. The molecule has 20 heavy (non-hydrogen) atoms. The lowest BCUT2D eigenvalue weighted by atomic mass is 9.81. The topological polar surface area (TPSA) is 35.5 Å². The molecule has 0 aromatic carbocycles. The van der Waals surface area contributed by atoms with Gasteiger partial charge in [-0.1, -0.05) is 27.7 Å². The van der Waals surface area contributed by atoms with E-state index in [1.807, 2.05) is 0 Å². The molecule has 0 rings (SSSR count). The van der Waals surface area contributed by atoms with E-state index >= 15 is 0 Å². The smallest absolute Gasteiger partial charge is 0.251 e. The van der Waals surface area contributed by atoms with E-state index in [9.17, 15) is 8.78 Å².